The van der Waals surface area contributed by atoms with Gasteiger partial charge in [-0.15, -0.1) is 10.2 Å². The van der Waals surface area contributed by atoms with Gasteiger partial charge in [-0.1, -0.05) is 23.2 Å². The van der Waals surface area contributed by atoms with Crippen molar-refractivity contribution < 1.29 is 4.74 Å². The van der Waals surface area contributed by atoms with Crippen molar-refractivity contribution in [3.8, 4) is 11.8 Å². The van der Waals surface area contributed by atoms with Crippen LogP contribution in [0, 0.1) is 17.2 Å². The molecule has 1 aliphatic rings. The molecule has 1 saturated heterocycles. The van der Waals surface area contributed by atoms with E-state index < -0.39 is 0 Å². The molecule has 2 heterocycles. The number of hydrogen-bond acceptors (Lipinski definition) is 5. The van der Waals surface area contributed by atoms with Gasteiger partial charge in [-0.2, -0.15) is 5.26 Å². The Morgan fingerprint density at radius 2 is 1.88 bits per heavy atom. The normalized spacial score (nSPS) is 15.0. The second kappa shape index (κ2) is 8.37. The van der Waals surface area contributed by atoms with Crippen LogP contribution in [0.2, 0.25) is 10.3 Å². The highest BCUT2D eigenvalue weighted by atomic mass is 35.5. The lowest BCUT2D eigenvalue weighted by Gasteiger charge is -2.33. The summed E-state index contributed by atoms with van der Waals surface area (Å²) in [6.45, 7) is 2.52. The minimum atomic E-state index is 0.359. The van der Waals surface area contributed by atoms with Crippen LogP contribution >= 0.6 is 23.2 Å². The third kappa shape index (κ3) is 4.75. The van der Waals surface area contributed by atoms with E-state index in [1.54, 1.807) is 18.2 Å². The molecule has 0 saturated carbocycles. The van der Waals surface area contributed by atoms with Crippen molar-refractivity contribution in [3.63, 3.8) is 0 Å². The average Bonchev–Trinajstić information content (AvgIpc) is 2.65. The van der Waals surface area contributed by atoms with Gasteiger partial charge in [0.25, 0.3) is 0 Å². The van der Waals surface area contributed by atoms with E-state index in [9.17, 15) is 0 Å². The number of aromatic nitrogens is 2. The number of hydrogen-bond donors (Lipinski definition) is 0. The quantitative estimate of drug-likeness (QED) is 0.776. The monoisotopic (exact) mass is 376 g/mol. The molecule has 0 bridgehead atoms. The molecule has 1 aromatic carbocycles. The molecule has 0 atom stereocenters. The van der Waals surface area contributed by atoms with Crippen molar-refractivity contribution in [2.24, 2.45) is 5.92 Å². The van der Waals surface area contributed by atoms with Crippen LogP contribution in [0.3, 0.4) is 0 Å². The van der Waals surface area contributed by atoms with E-state index in [1.807, 2.05) is 12.1 Å². The maximum absolute atomic E-state index is 8.79. The molecule has 0 radical (unpaired) electrons. The van der Waals surface area contributed by atoms with E-state index in [2.05, 4.69) is 21.2 Å². The van der Waals surface area contributed by atoms with Crippen LogP contribution in [0.4, 0.5) is 5.69 Å². The zero-order valence-electron chi connectivity index (χ0n) is 13.7. The van der Waals surface area contributed by atoms with Crippen LogP contribution in [-0.4, -0.2) is 29.9 Å². The SMILES string of the molecule is N#Cc1ccc(OCCC2CCN(c3cc(Cl)nnc3Cl)CC2)cc1. The van der Waals surface area contributed by atoms with Crippen LogP contribution < -0.4 is 9.64 Å². The van der Waals surface area contributed by atoms with Gasteiger partial charge in [0.1, 0.15) is 5.75 Å². The Hall–Kier alpha value is -2.03. The molecule has 2 aromatic rings. The van der Waals surface area contributed by atoms with Crippen molar-refractivity contribution in [2.75, 3.05) is 24.6 Å². The molecule has 25 heavy (non-hydrogen) atoms. The van der Waals surface area contributed by atoms with Gasteiger partial charge in [-0.25, -0.2) is 0 Å². The zero-order chi connectivity index (χ0) is 17.6. The minimum Gasteiger partial charge on any atom is -0.494 e. The number of rotatable bonds is 5. The number of ether oxygens (including phenoxy) is 1. The Morgan fingerprint density at radius 3 is 2.56 bits per heavy atom. The van der Waals surface area contributed by atoms with Gasteiger partial charge in [0.2, 0.25) is 0 Å². The van der Waals surface area contributed by atoms with Crippen LogP contribution in [-0.2, 0) is 0 Å². The van der Waals surface area contributed by atoms with Crippen LogP contribution in [0.1, 0.15) is 24.8 Å². The van der Waals surface area contributed by atoms with Gasteiger partial charge in [-0.05, 0) is 49.4 Å². The zero-order valence-corrected chi connectivity index (χ0v) is 15.2. The fraction of sp³-hybridized carbons (Fsp3) is 0.389. The molecule has 3 rings (SSSR count). The molecular weight excluding hydrogens is 359 g/mol. The topological polar surface area (TPSA) is 62.0 Å². The number of nitriles is 1. The summed E-state index contributed by atoms with van der Waals surface area (Å²) in [5.41, 5.74) is 1.50. The molecule has 1 aliphatic heterocycles. The van der Waals surface area contributed by atoms with E-state index in [1.165, 1.54) is 0 Å². The highest BCUT2D eigenvalue weighted by Gasteiger charge is 2.21. The van der Waals surface area contributed by atoms with Crippen LogP contribution in [0.25, 0.3) is 0 Å². The van der Waals surface area contributed by atoms with Crippen molar-refractivity contribution in [1.82, 2.24) is 10.2 Å². The Kier molecular flexibility index (Phi) is 5.95. The summed E-state index contributed by atoms with van der Waals surface area (Å²) in [5, 5.41) is 17.2. The largest absolute Gasteiger partial charge is 0.494 e. The van der Waals surface area contributed by atoms with Gasteiger partial charge in [0.05, 0.1) is 23.9 Å². The molecule has 5 nitrogen and oxygen atoms in total. The summed E-state index contributed by atoms with van der Waals surface area (Å²) in [6, 6.07) is 11.1. The fourth-order valence-electron chi connectivity index (χ4n) is 3.00. The highest BCUT2D eigenvalue weighted by molar-refractivity contribution is 6.33. The number of piperidine rings is 1. The van der Waals surface area contributed by atoms with E-state index in [4.69, 9.17) is 33.2 Å². The summed E-state index contributed by atoms with van der Waals surface area (Å²) in [4.78, 5) is 2.21. The summed E-state index contributed by atoms with van der Waals surface area (Å²) < 4.78 is 5.77. The molecule has 0 N–H and O–H groups in total. The Labute approximate surface area is 157 Å². The summed E-state index contributed by atoms with van der Waals surface area (Å²) in [7, 11) is 0. The predicted molar refractivity (Wildman–Crippen MR) is 98.3 cm³/mol. The first kappa shape index (κ1) is 17.8. The first-order valence-electron chi connectivity index (χ1n) is 8.22. The van der Waals surface area contributed by atoms with E-state index in [0.29, 0.717) is 28.4 Å². The van der Waals surface area contributed by atoms with Crippen molar-refractivity contribution in [3.05, 3.63) is 46.2 Å². The lowest BCUT2D eigenvalue weighted by Crippen LogP contribution is -2.34. The molecule has 0 aliphatic carbocycles. The van der Waals surface area contributed by atoms with Gasteiger partial charge < -0.3 is 9.64 Å². The lowest BCUT2D eigenvalue weighted by atomic mass is 9.94. The van der Waals surface area contributed by atoms with E-state index >= 15 is 0 Å². The second-order valence-electron chi connectivity index (χ2n) is 6.05. The second-order valence-corrected chi connectivity index (χ2v) is 6.79. The molecule has 1 aromatic heterocycles. The number of nitrogens with zero attached hydrogens (tertiary/aromatic N) is 4. The predicted octanol–water partition coefficient (Wildman–Crippen LogP) is 4.34. The lowest BCUT2D eigenvalue weighted by molar-refractivity contribution is 0.258. The smallest absolute Gasteiger partial charge is 0.175 e. The first-order valence-corrected chi connectivity index (χ1v) is 8.98. The average molecular weight is 377 g/mol. The van der Waals surface area contributed by atoms with E-state index in [0.717, 1.165) is 43.8 Å². The van der Waals surface area contributed by atoms with Gasteiger partial charge in [0.15, 0.2) is 10.3 Å². The van der Waals surface area contributed by atoms with Crippen LogP contribution in [0.15, 0.2) is 30.3 Å². The van der Waals surface area contributed by atoms with Gasteiger partial charge in [-0.3, -0.25) is 0 Å². The number of anilines is 1. The van der Waals surface area contributed by atoms with Crippen molar-refractivity contribution >= 4 is 28.9 Å². The molecule has 0 unspecified atom stereocenters. The molecule has 0 spiro atoms. The highest BCUT2D eigenvalue weighted by Crippen LogP contribution is 2.30. The van der Waals surface area contributed by atoms with Crippen molar-refractivity contribution in [1.29, 1.82) is 5.26 Å². The summed E-state index contributed by atoms with van der Waals surface area (Å²) in [6.07, 6.45) is 3.16. The Balaban J connectivity index is 1.44. The maximum atomic E-state index is 8.79. The molecular formula is C18H18Cl2N4O. The number of benzene rings is 1. The molecule has 1 fully saturated rings. The summed E-state index contributed by atoms with van der Waals surface area (Å²) in [5.74, 6) is 1.43. The Bertz CT molecular complexity index is 753. The maximum Gasteiger partial charge on any atom is 0.175 e. The number of halogens is 2. The third-order valence-corrected chi connectivity index (χ3v) is 4.89. The third-order valence-electron chi connectivity index (χ3n) is 4.43. The van der Waals surface area contributed by atoms with E-state index in [-0.39, 0.29) is 0 Å². The molecule has 7 heteroatoms. The molecule has 130 valence electrons. The Morgan fingerprint density at radius 1 is 1.16 bits per heavy atom. The minimum absolute atomic E-state index is 0.359. The fourth-order valence-corrected chi connectivity index (χ4v) is 3.35. The molecule has 0 amide bonds. The van der Waals surface area contributed by atoms with Crippen molar-refractivity contribution in [2.45, 2.75) is 19.3 Å². The summed E-state index contributed by atoms with van der Waals surface area (Å²) >= 11 is 12.0. The van der Waals surface area contributed by atoms with Gasteiger partial charge in [0, 0.05) is 19.2 Å². The van der Waals surface area contributed by atoms with Gasteiger partial charge >= 0.3 is 0 Å². The van der Waals surface area contributed by atoms with Crippen LogP contribution in [0.5, 0.6) is 5.75 Å². The standard InChI is InChI=1S/C18H18Cl2N4O/c19-17-11-16(18(20)23-22-17)24-8-5-13(6-9-24)7-10-25-15-3-1-14(12-21)2-4-15/h1-4,11,13H,5-10H2. The first-order chi connectivity index (χ1) is 12.2.